The van der Waals surface area contributed by atoms with Gasteiger partial charge in [0.25, 0.3) is 0 Å². The maximum absolute atomic E-state index is 14.0. The summed E-state index contributed by atoms with van der Waals surface area (Å²) < 4.78 is 17.8. The quantitative estimate of drug-likeness (QED) is 0.0922. The number of halogens is 2. The van der Waals surface area contributed by atoms with Crippen molar-refractivity contribution in [1.82, 2.24) is 9.80 Å². The molecule has 5 heterocycles. The maximum atomic E-state index is 14.0. The van der Waals surface area contributed by atoms with Crippen LogP contribution in [-0.4, -0.2) is 73.9 Å². The van der Waals surface area contributed by atoms with E-state index in [4.69, 9.17) is 37.4 Å². The van der Waals surface area contributed by atoms with E-state index in [1.165, 1.54) is 26.6 Å². The molecule has 2 aromatic heterocycles. The number of aromatic nitrogens is 1. The zero-order chi connectivity index (χ0) is 35.5. The average molecular weight is 741 g/mol. The lowest BCUT2D eigenvalue weighted by atomic mass is 9.85. The number of piperidine rings is 3. The summed E-state index contributed by atoms with van der Waals surface area (Å²) in [5.41, 5.74) is 2.57. The number of likely N-dealkylation sites (N-methyl/N-ethyl adjacent to an activating group) is 1. The van der Waals surface area contributed by atoms with E-state index in [1.807, 2.05) is 54.4 Å². The number of ether oxygens (including phenoxy) is 3. The summed E-state index contributed by atoms with van der Waals surface area (Å²) >= 11 is 14.2. The largest absolute Gasteiger partial charge is 0.619 e. The van der Waals surface area contributed by atoms with Gasteiger partial charge in [-0.1, -0.05) is 59.6 Å². The smallest absolute Gasteiger partial charge is 0.346 e. The summed E-state index contributed by atoms with van der Waals surface area (Å²) in [4.78, 5) is 31.9. The molecule has 3 fully saturated rings. The third-order valence-corrected chi connectivity index (χ3v) is 11.5. The van der Waals surface area contributed by atoms with E-state index in [0.29, 0.717) is 33.3 Å². The van der Waals surface area contributed by atoms with Gasteiger partial charge in [-0.25, -0.2) is 9.59 Å². The number of carbonyl (C=O) groups excluding carboxylic acids is 1. The lowest BCUT2D eigenvalue weighted by Gasteiger charge is -2.44. The van der Waals surface area contributed by atoms with Gasteiger partial charge < -0.3 is 24.5 Å². The van der Waals surface area contributed by atoms with E-state index in [9.17, 15) is 19.9 Å². The fourth-order valence-electron chi connectivity index (χ4n) is 7.17. The number of esters is 1. The Morgan fingerprint density at radius 2 is 1.70 bits per heavy atom. The fraction of sp³-hybridized carbons (Fsp3) is 0.378. The Kier molecular flexibility index (Phi) is 11.2. The fourth-order valence-corrected chi connectivity index (χ4v) is 8.89. The summed E-state index contributed by atoms with van der Waals surface area (Å²) in [7, 11) is 4.92. The molecule has 2 aromatic carbocycles. The van der Waals surface area contributed by atoms with Crippen molar-refractivity contribution in [2.75, 3.05) is 40.9 Å². The molecule has 2 bridgehead atoms. The van der Waals surface area contributed by atoms with Crippen LogP contribution in [0, 0.1) is 11.1 Å². The molecule has 3 saturated heterocycles. The number of pyridine rings is 1. The molecule has 0 aliphatic carbocycles. The van der Waals surface area contributed by atoms with Crippen molar-refractivity contribution in [2.24, 2.45) is 5.92 Å². The van der Waals surface area contributed by atoms with E-state index >= 15 is 0 Å². The van der Waals surface area contributed by atoms with Gasteiger partial charge in [0, 0.05) is 29.4 Å². The van der Waals surface area contributed by atoms with Gasteiger partial charge in [0.05, 0.1) is 14.2 Å². The van der Waals surface area contributed by atoms with E-state index in [2.05, 4.69) is 4.90 Å². The number of nitrogens with zero attached hydrogens (tertiary/aromatic N) is 3. The summed E-state index contributed by atoms with van der Waals surface area (Å²) in [5, 5.41) is 22.9. The molecule has 7 rings (SSSR count). The maximum Gasteiger partial charge on any atom is 0.346 e. The molecule has 10 nitrogen and oxygen atoms in total. The van der Waals surface area contributed by atoms with E-state index in [0.717, 1.165) is 59.8 Å². The number of methoxy groups -OCH3 is 2. The Morgan fingerprint density at radius 1 is 1.02 bits per heavy atom. The second-order valence-electron chi connectivity index (χ2n) is 12.8. The standard InChI is InChI=1S/C37H39Cl2N3O7S/c1-40(34(23-7-5-4-6-8-23)37(45)49-33-21-41-13-11-22(33)12-14-41)18-25-16-27(35(50-25)36(43)44)26(17-28-29(38)19-42(46)20-30(28)39)24-9-10-31(47-2)32(15-24)48-3/h4-10,15-16,19-20,22,26,33-34H,11-14,17-18,21H2,1-3H3,(H,43,44)/t26-,33-,34?/m0/s1. The first-order valence-corrected chi connectivity index (χ1v) is 18.0. The van der Waals surface area contributed by atoms with Crippen molar-refractivity contribution < 1.29 is 33.6 Å². The molecule has 1 N–H and O–H groups in total. The summed E-state index contributed by atoms with van der Waals surface area (Å²) in [6, 6.07) is 16.1. The molecular weight excluding hydrogens is 701 g/mol. The van der Waals surface area contributed by atoms with Gasteiger partial charge in [-0.2, -0.15) is 4.73 Å². The van der Waals surface area contributed by atoms with Crippen LogP contribution in [-0.2, 0) is 22.5 Å². The lowest BCUT2D eigenvalue weighted by Crippen LogP contribution is -2.52. The molecule has 50 heavy (non-hydrogen) atoms. The number of carboxylic acid groups (broad SMARTS) is 1. The number of hydrogen-bond donors (Lipinski definition) is 1. The predicted octanol–water partition coefficient (Wildman–Crippen LogP) is 6.59. The minimum atomic E-state index is -1.09. The molecule has 3 aliphatic rings. The van der Waals surface area contributed by atoms with E-state index < -0.39 is 17.9 Å². The van der Waals surface area contributed by atoms with Gasteiger partial charge in [0.1, 0.15) is 27.1 Å². The first kappa shape index (κ1) is 35.9. The van der Waals surface area contributed by atoms with Crippen molar-refractivity contribution >= 4 is 46.5 Å². The van der Waals surface area contributed by atoms with Crippen molar-refractivity contribution in [1.29, 1.82) is 0 Å². The van der Waals surface area contributed by atoms with Crippen LogP contribution in [0.3, 0.4) is 0 Å². The van der Waals surface area contributed by atoms with E-state index in [1.54, 1.807) is 12.1 Å². The first-order chi connectivity index (χ1) is 24.1. The van der Waals surface area contributed by atoms with Crippen LogP contribution in [0.25, 0.3) is 0 Å². The highest BCUT2D eigenvalue weighted by atomic mass is 35.5. The lowest BCUT2D eigenvalue weighted by molar-refractivity contribution is -0.605. The number of rotatable bonds is 13. The third-order valence-electron chi connectivity index (χ3n) is 9.71. The predicted molar refractivity (Wildman–Crippen MR) is 191 cm³/mol. The SMILES string of the molecule is COc1ccc([C@H](Cc2c(Cl)c[n+]([O-])cc2Cl)c2cc(CN(C)C(C(=O)O[C@H]3CN4CCC3CC4)c3ccccc3)sc2C(=O)O)cc1OC. The van der Waals surface area contributed by atoms with Crippen molar-refractivity contribution in [2.45, 2.75) is 43.9 Å². The van der Waals surface area contributed by atoms with Crippen LogP contribution in [0.4, 0.5) is 0 Å². The molecule has 13 heteroatoms. The third kappa shape index (κ3) is 7.72. The van der Waals surface area contributed by atoms with Crippen LogP contribution in [0.15, 0.2) is 67.0 Å². The van der Waals surface area contributed by atoms with Crippen molar-refractivity contribution in [3.05, 3.63) is 114 Å². The molecule has 4 aromatic rings. The molecule has 0 saturated carbocycles. The minimum absolute atomic E-state index is 0.140. The molecule has 1 unspecified atom stereocenters. The Morgan fingerprint density at radius 3 is 2.30 bits per heavy atom. The highest BCUT2D eigenvalue weighted by Crippen LogP contribution is 2.41. The number of thiophene rings is 1. The van der Waals surface area contributed by atoms with Gasteiger partial charge in [-0.15, -0.1) is 11.3 Å². The van der Waals surface area contributed by atoms with Crippen LogP contribution < -0.4 is 14.2 Å². The van der Waals surface area contributed by atoms with E-state index in [-0.39, 0.29) is 40.0 Å². The molecule has 3 aliphatic heterocycles. The first-order valence-electron chi connectivity index (χ1n) is 16.4. The molecule has 3 atom stereocenters. The second kappa shape index (κ2) is 15.6. The van der Waals surface area contributed by atoms with Gasteiger partial charge in [0.15, 0.2) is 23.9 Å². The van der Waals surface area contributed by atoms with Crippen LogP contribution in [0.1, 0.15) is 61.6 Å². The van der Waals surface area contributed by atoms with Crippen LogP contribution in [0.5, 0.6) is 11.5 Å². The number of carboxylic acids is 1. The number of aromatic carboxylic acids is 1. The van der Waals surface area contributed by atoms with Crippen LogP contribution in [0.2, 0.25) is 10.0 Å². The van der Waals surface area contributed by atoms with Crippen molar-refractivity contribution in [3.63, 3.8) is 0 Å². The molecule has 0 radical (unpaired) electrons. The average Bonchev–Trinajstić information content (AvgIpc) is 3.52. The van der Waals surface area contributed by atoms with Gasteiger partial charge in [-0.3, -0.25) is 9.80 Å². The zero-order valence-corrected chi connectivity index (χ0v) is 30.3. The zero-order valence-electron chi connectivity index (χ0n) is 28.0. The van der Waals surface area contributed by atoms with Gasteiger partial charge >= 0.3 is 11.9 Å². The molecule has 264 valence electrons. The minimum Gasteiger partial charge on any atom is -0.619 e. The van der Waals surface area contributed by atoms with Gasteiger partial charge in [-0.05, 0) is 80.2 Å². The number of carbonyl (C=O) groups is 2. The topological polar surface area (TPSA) is 115 Å². The Bertz CT molecular complexity index is 1820. The highest BCUT2D eigenvalue weighted by molar-refractivity contribution is 7.14. The Balaban J connectivity index is 1.35. The monoisotopic (exact) mass is 739 g/mol. The van der Waals surface area contributed by atoms with Crippen molar-refractivity contribution in [3.8, 4) is 11.5 Å². The second-order valence-corrected chi connectivity index (χ2v) is 14.8. The summed E-state index contributed by atoms with van der Waals surface area (Å²) in [6.07, 6.45) is 4.54. The Labute approximate surface area is 305 Å². The number of benzene rings is 2. The van der Waals surface area contributed by atoms with Gasteiger partial charge in [0.2, 0.25) is 0 Å². The van der Waals surface area contributed by atoms with Crippen LogP contribution >= 0.6 is 34.5 Å². The number of fused-ring (bicyclic) bond motifs is 3. The number of hydrogen-bond acceptors (Lipinski definition) is 9. The highest BCUT2D eigenvalue weighted by Gasteiger charge is 2.39. The summed E-state index contributed by atoms with van der Waals surface area (Å²) in [5.74, 6) is -0.616. The Hall–Kier alpha value is -3.87. The molecule has 0 amide bonds. The normalized spacial score (nSPS) is 19.6. The summed E-state index contributed by atoms with van der Waals surface area (Å²) in [6.45, 7) is 3.11. The molecule has 0 spiro atoms. The molecular formula is C37H39Cl2N3O7S.